The molecule has 0 unspecified atom stereocenters. The van der Waals surface area contributed by atoms with Gasteiger partial charge in [-0.2, -0.15) is 5.10 Å². The normalized spacial score (nSPS) is 10.9. The van der Waals surface area contributed by atoms with Crippen molar-refractivity contribution in [2.24, 2.45) is 10.8 Å². The van der Waals surface area contributed by atoms with Crippen LogP contribution in [0.1, 0.15) is 12.5 Å². The monoisotopic (exact) mass is 245 g/mol. The predicted molar refractivity (Wildman–Crippen MR) is 72.1 cm³/mol. The second-order valence-electron chi connectivity index (χ2n) is 3.63. The molecule has 6 heteroatoms. The van der Waals surface area contributed by atoms with Crippen LogP contribution in [0.2, 0.25) is 0 Å². The maximum Gasteiger partial charge on any atom is 0.206 e. The van der Waals surface area contributed by atoms with Gasteiger partial charge in [-0.05, 0) is 13.0 Å². The molecule has 0 aliphatic rings. The Hall–Kier alpha value is -2.50. The second kappa shape index (κ2) is 5.22. The van der Waals surface area contributed by atoms with Crippen molar-refractivity contribution in [2.45, 2.75) is 6.92 Å². The summed E-state index contributed by atoms with van der Waals surface area (Å²) < 4.78 is 5.52. The summed E-state index contributed by atoms with van der Waals surface area (Å²) in [5.41, 5.74) is 9.35. The summed E-state index contributed by atoms with van der Waals surface area (Å²) >= 11 is 0. The van der Waals surface area contributed by atoms with Crippen LogP contribution in [0.15, 0.2) is 29.4 Å². The molecule has 0 atom stereocenters. The minimum atomic E-state index is -0.205. The number of ether oxygens (including phenoxy) is 1. The van der Waals surface area contributed by atoms with E-state index < -0.39 is 0 Å². The molecule has 0 aliphatic heterocycles. The fourth-order valence-electron chi connectivity index (χ4n) is 1.69. The molecule has 1 aromatic heterocycles. The highest BCUT2D eigenvalue weighted by Crippen LogP contribution is 2.26. The minimum absolute atomic E-state index is 0.205. The van der Waals surface area contributed by atoms with Gasteiger partial charge in [-0.25, -0.2) is 5.43 Å². The van der Waals surface area contributed by atoms with Crippen LogP contribution >= 0.6 is 0 Å². The number of benzene rings is 1. The molecule has 6 nitrogen and oxygen atoms in total. The van der Waals surface area contributed by atoms with Gasteiger partial charge in [0.05, 0.1) is 18.4 Å². The van der Waals surface area contributed by atoms with E-state index in [2.05, 4.69) is 15.5 Å². The summed E-state index contributed by atoms with van der Waals surface area (Å²) in [5.74, 6) is 0.455. The number of rotatable bonds is 4. The summed E-state index contributed by atoms with van der Waals surface area (Å²) in [6.45, 7) is 2.48. The largest absolute Gasteiger partial charge is 0.479 e. The number of hydrazone groups is 1. The number of para-hydroxylation sites is 1. The van der Waals surface area contributed by atoms with E-state index in [0.717, 1.165) is 16.5 Å². The van der Waals surface area contributed by atoms with E-state index in [0.29, 0.717) is 12.5 Å². The van der Waals surface area contributed by atoms with Gasteiger partial charge in [0.1, 0.15) is 0 Å². The van der Waals surface area contributed by atoms with E-state index in [-0.39, 0.29) is 5.96 Å². The summed E-state index contributed by atoms with van der Waals surface area (Å²) in [6.07, 6.45) is 1.59. The van der Waals surface area contributed by atoms with Gasteiger partial charge in [0.25, 0.3) is 0 Å². The van der Waals surface area contributed by atoms with Crippen LogP contribution in [-0.4, -0.2) is 23.8 Å². The Morgan fingerprint density at radius 2 is 2.33 bits per heavy atom. The Kier molecular flexibility index (Phi) is 3.47. The number of nitrogens with two attached hydrogens (primary N) is 1. The first-order chi connectivity index (χ1) is 8.72. The third-order valence-electron chi connectivity index (χ3n) is 2.38. The molecule has 0 amide bonds. The molecule has 1 aromatic carbocycles. The van der Waals surface area contributed by atoms with Crippen molar-refractivity contribution in [3.8, 4) is 5.88 Å². The number of fused-ring (bicyclic) bond motifs is 1. The van der Waals surface area contributed by atoms with Gasteiger partial charge in [-0.3, -0.25) is 5.41 Å². The summed E-state index contributed by atoms with van der Waals surface area (Å²) in [5, 5.41) is 11.9. The molecule has 2 aromatic rings. The van der Waals surface area contributed by atoms with Crippen LogP contribution in [0.4, 0.5) is 0 Å². The molecule has 0 spiro atoms. The van der Waals surface area contributed by atoms with Crippen LogP contribution in [0, 0.1) is 5.41 Å². The molecular formula is C12H15N5O. The molecule has 2 rings (SSSR count). The lowest BCUT2D eigenvalue weighted by molar-refractivity contribution is 0.329. The van der Waals surface area contributed by atoms with Gasteiger partial charge in [-0.15, -0.1) is 0 Å². The third kappa shape index (κ3) is 2.42. The highest BCUT2D eigenvalue weighted by Gasteiger charge is 2.09. The number of aromatic amines is 1. The third-order valence-corrected chi connectivity index (χ3v) is 2.38. The molecule has 0 aliphatic carbocycles. The molecular weight excluding hydrogens is 230 g/mol. The lowest BCUT2D eigenvalue weighted by Crippen LogP contribution is -2.25. The highest BCUT2D eigenvalue weighted by atomic mass is 16.5. The zero-order chi connectivity index (χ0) is 13.0. The van der Waals surface area contributed by atoms with Gasteiger partial charge >= 0.3 is 0 Å². The molecule has 0 radical (unpaired) electrons. The van der Waals surface area contributed by atoms with E-state index in [9.17, 15) is 0 Å². The molecule has 1 heterocycles. The molecule has 94 valence electrons. The van der Waals surface area contributed by atoms with Gasteiger partial charge in [0.15, 0.2) is 0 Å². The van der Waals surface area contributed by atoms with Gasteiger partial charge in [0.2, 0.25) is 11.8 Å². The first-order valence-electron chi connectivity index (χ1n) is 5.59. The van der Waals surface area contributed by atoms with E-state index >= 15 is 0 Å². The lowest BCUT2D eigenvalue weighted by Gasteiger charge is -2.00. The Balaban J connectivity index is 2.41. The summed E-state index contributed by atoms with van der Waals surface area (Å²) in [7, 11) is 0. The number of nitrogens with one attached hydrogen (secondary N) is 3. The molecule has 5 N–H and O–H groups in total. The molecule has 18 heavy (non-hydrogen) atoms. The quantitative estimate of drug-likeness (QED) is 0.372. The average Bonchev–Trinajstić information content (AvgIpc) is 2.68. The van der Waals surface area contributed by atoms with Crippen molar-refractivity contribution < 1.29 is 4.74 Å². The van der Waals surface area contributed by atoms with E-state index in [1.165, 1.54) is 0 Å². The van der Waals surface area contributed by atoms with E-state index in [4.69, 9.17) is 15.9 Å². The Labute approximate surface area is 104 Å². The van der Waals surface area contributed by atoms with Crippen molar-refractivity contribution in [2.75, 3.05) is 6.61 Å². The Morgan fingerprint density at radius 1 is 1.56 bits per heavy atom. The topological polar surface area (TPSA) is 99.3 Å². The lowest BCUT2D eigenvalue weighted by atomic mass is 10.2. The number of hydrogen-bond acceptors (Lipinski definition) is 3. The number of nitrogens with zero attached hydrogens (tertiary/aromatic N) is 1. The number of hydrogen-bond donors (Lipinski definition) is 4. The first-order valence-corrected chi connectivity index (χ1v) is 5.59. The van der Waals surface area contributed by atoms with Crippen molar-refractivity contribution >= 4 is 23.1 Å². The maximum absolute atomic E-state index is 7.03. The maximum atomic E-state index is 7.03. The zero-order valence-corrected chi connectivity index (χ0v) is 10.0. The van der Waals surface area contributed by atoms with Crippen LogP contribution in [-0.2, 0) is 0 Å². The van der Waals surface area contributed by atoms with Crippen molar-refractivity contribution in [1.29, 1.82) is 5.41 Å². The Morgan fingerprint density at radius 3 is 3.06 bits per heavy atom. The predicted octanol–water partition coefficient (Wildman–Crippen LogP) is 1.38. The molecule has 0 fully saturated rings. The first kappa shape index (κ1) is 12.0. The fourth-order valence-corrected chi connectivity index (χ4v) is 1.69. The number of guanidine groups is 1. The van der Waals surface area contributed by atoms with Crippen LogP contribution in [0.25, 0.3) is 10.9 Å². The standard InChI is InChI=1S/C12H15N5O/c1-2-18-11-9(7-15-17-12(13)14)8-5-3-4-6-10(8)16-11/h3-7,16H,2H2,1H3,(H4,13,14,17)/b15-7+. The smallest absolute Gasteiger partial charge is 0.206 e. The molecule has 0 saturated carbocycles. The SMILES string of the molecule is CCOc1[nH]c2ccccc2c1/C=N/NC(=N)N. The van der Waals surface area contributed by atoms with Crippen molar-refractivity contribution in [3.63, 3.8) is 0 Å². The number of aromatic nitrogens is 1. The molecule has 0 bridgehead atoms. The Bertz CT molecular complexity index is 587. The van der Waals surface area contributed by atoms with Crippen molar-refractivity contribution in [1.82, 2.24) is 10.4 Å². The van der Waals surface area contributed by atoms with Gasteiger partial charge in [0, 0.05) is 10.9 Å². The summed E-state index contributed by atoms with van der Waals surface area (Å²) in [4.78, 5) is 3.18. The minimum Gasteiger partial charge on any atom is -0.479 e. The van der Waals surface area contributed by atoms with Crippen LogP contribution in [0.5, 0.6) is 5.88 Å². The van der Waals surface area contributed by atoms with Crippen LogP contribution < -0.4 is 15.9 Å². The second-order valence-corrected chi connectivity index (χ2v) is 3.63. The zero-order valence-electron chi connectivity index (χ0n) is 10.0. The van der Waals surface area contributed by atoms with E-state index in [1.54, 1.807) is 6.21 Å². The molecule has 0 saturated heterocycles. The number of H-pyrrole nitrogens is 1. The van der Waals surface area contributed by atoms with Crippen molar-refractivity contribution in [3.05, 3.63) is 29.8 Å². The van der Waals surface area contributed by atoms with E-state index in [1.807, 2.05) is 31.2 Å². The van der Waals surface area contributed by atoms with Gasteiger partial charge in [-0.1, -0.05) is 18.2 Å². The average molecular weight is 245 g/mol. The highest BCUT2D eigenvalue weighted by molar-refractivity contribution is 6.02. The van der Waals surface area contributed by atoms with Gasteiger partial charge < -0.3 is 15.5 Å². The fraction of sp³-hybridized carbons (Fsp3) is 0.167. The van der Waals surface area contributed by atoms with Crippen LogP contribution in [0.3, 0.4) is 0 Å². The summed E-state index contributed by atoms with van der Waals surface area (Å²) in [6, 6.07) is 7.84.